The molecule has 0 radical (unpaired) electrons. The van der Waals surface area contributed by atoms with Crippen LogP contribution in [0, 0.1) is 11.8 Å². The SMILES string of the molecule is O=C(CCc1nc(-c2ccncc2)no1)Nc1cccc(C#Cc2cccs2)c1. The lowest BCUT2D eigenvalue weighted by molar-refractivity contribution is -0.116. The zero-order valence-electron chi connectivity index (χ0n) is 15.3. The molecule has 4 aromatic rings. The van der Waals surface area contributed by atoms with Crippen molar-refractivity contribution in [2.24, 2.45) is 0 Å². The number of benzene rings is 1. The minimum absolute atomic E-state index is 0.128. The van der Waals surface area contributed by atoms with Crippen LogP contribution in [0.25, 0.3) is 11.4 Å². The van der Waals surface area contributed by atoms with E-state index in [-0.39, 0.29) is 12.3 Å². The molecule has 3 aromatic heterocycles. The highest BCUT2D eigenvalue weighted by Gasteiger charge is 2.11. The Morgan fingerprint density at radius 1 is 1.10 bits per heavy atom. The van der Waals surface area contributed by atoms with Crippen LogP contribution in [0.2, 0.25) is 0 Å². The summed E-state index contributed by atoms with van der Waals surface area (Å²) in [6, 6.07) is 15.0. The van der Waals surface area contributed by atoms with Gasteiger partial charge >= 0.3 is 0 Å². The molecule has 3 heterocycles. The molecule has 0 aliphatic rings. The highest BCUT2D eigenvalue weighted by atomic mass is 32.1. The minimum Gasteiger partial charge on any atom is -0.339 e. The number of thiophene rings is 1. The van der Waals surface area contributed by atoms with E-state index in [4.69, 9.17) is 4.52 Å². The van der Waals surface area contributed by atoms with Crippen molar-refractivity contribution in [2.75, 3.05) is 5.32 Å². The minimum atomic E-state index is -0.128. The third-order valence-electron chi connectivity index (χ3n) is 3.97. The molecule has 0 aliphatic heterocycles. The predicted molar refractivity (Wildman–Crippen MR) is 111 cm³/mol. The predicted octanol–water partition coefficient (Wildman–Crippen LogP) is 4.16. The van der Waals surface area contributed by atoms with Gasteiger partial charge in [-0.05, 0) is 41.8 Å². The first-order valence-corrected chi connectivity index (χ1v) is 9.83. The molecule has 6 nitrogen and oxygen atoms in total. The van der Waals surface area contributed by atoms with Crippen LogP contribution in [-0.4, -0.2) is 21.0 Å². The maximum absolute atomic E-state index is 12.3. The second kappa shape index (κ2) is 8.95. The Labute approximate surface area is 171 Å². The molecule has 7 heteroatoms. The lowest BCUT2D eigenvalue weighted by atomic mass is 10.2. The Kier molecular flexibility index (Phi) is 5.74. The van der Waals surface area contributed by atoms with Crippen molar-refractivity contribution in [3.8, 4) is 23.2 Å². The molecule has 142 valence electrons. The first kappa shape index (κ1) is 18.6. The number of amides is 1. The van der Waals surface area contributed by atoms with E-state index in [9.17, 15) is 4.79 Å². The summed E-state index contributed by atoms with van der Waals surface area (Å²) in [6.07, 6.45) is 3.93. The van der Waals surface area contributed by atoms with Crippen LogP contribution >= 0.6 is 11.3 Å². The summed E-state index contributed by atoms with van der Waals surface area (Å²) in [4.78, 5) is 21.6. The van der Waals surface area contributed by atoms with Crippen LogP contribution in [0.3, 0.4) is 0 Å². The summed E-state index contributed by atoms with van der Waals surface area (Å²) in [7, 11) is 0. The third kappa shape index (κ3) is 5.15. The first-order chi connectivity index (χ1) is 14.3. The highest BCUT2D eigenvalue weighted by molar-refractivity contribution is 7.10. The Morgan fingerprint density at radius 3 is 2.83 bits per heavy atom. The molecule has 0 saturated heterocycles. The van der Waals surface area contributed by atoms with E-state index in [1.54, 1.807) is 35.9 Å². The van der Waals surface area contributed by atoms with E-state index in [1.165, 1.54) is 0 Å². The molecule has 0 fully saturated rings. The Bertz CT molecular complexity index is 1160. The monoisotopic (exact) mass is 400 g/mol. The molecule has 29 heavy (non-hydrogen) atoms. The Morgan fingerprint density at radius 2 is 2.00 bits per heavy atom. The molecule has 1 aromatic carbocycles. The second-order valence-electron chi connectivity index (χ2n) is 6.10. The smallest absolute Gasteiger partial charge is 0.227 e. The lowest BCUT2D eigenvalue weighted by Crippen LogP contribution is -2.12. The van der Waals surface area contributed by atoms with Crippen LogP contribution in [-0.2, 0) is 11.2 Å². The van der Waals surface area contributed by atoms with Gasteiger partial charge in [0.1, 0.15) is 0 Å². The Hall–Kier alpha value is -3.76. The normalized spacial score (nSPS) is 10.2. The molecule has 1 amide bonds. The molecule has 1 N–H and O–H groups in total. The average molecular weight is 400 g/mol. The van der Waals surface area contributed by atoms with Gasteiger partial charge in [0.2, 0.25) is 17.6 Å². The van der Waals surface area contributed by atoms with Gasteiger partial charge in [-0.15, -0.1) is 11.3 Å². The molecule has 0 unspecified atom stereocenters. The van der Waals surface area contributed by atoms with Crippen molar-refractivity contribution in [2.45, 2.75) is 12.8 Å². The number of nitrogens with zero attached hydrogens (tertiary/aromatic N) is 3. The van der Waals surface area contributed by atoms with E-state index >= 15 is 0 Å². The van der Waals surface area contributed by atoms with Gasteiger partial charge in [0.05, 0.1) is 4.88 Å². The number of hydrogen-bond acceptors (Lipinski definition) is 6. The lowest BCUT2D eigenvalue weighted by Gasteiger charge is -2.04. The number of carbonyl (C=O) groups excluding carboxylic acids is 1. The van der Waals surface area contributed by atoms with Gasteiger partial charge in [-0.1, -0.05) is 29.1 Å². The zero-order chi connectivity index (χ0) is 19.9. The summed E-state index contributed by atoms with van der Waals surface area (Å²) in [5, 5.41) is 8.81. The van der Waals surface area contributed by atoms with Crippen LogP contribution < -0.4 is 5.32 Å². The van der Waals surface area contributed by atoms with Crippen molar-refractivity contribution >= 4 is 22.9 Å². The number of nitrogens with one attached hydrogen (secondary N) is 1. The van der Waals surface area contributed by atoms with Gasteiger partial charge < -0.3 is 9.84 Å². The molecule has 0 spiro atoms. The van der Waals surface area contributed by atoms with Gasteiger partial charge in [-0.2, -0.15) is 4.98 Å². The van der Waals surface area contributed by atoms with E-state index < -0.39 is 0 Å². The fraction of sp³-hybridized carbons (Fsp3) is 0.0909. The standard InChI is InChI=1S/C22H16N4O2S/c27-20(8-9-21-25-22(26-28-21)17-10-12-23-13-11-17)24-18-4-1-3-16(15-18)6-7-19-5-2-14-29-19/h1-5,10-15H,8-9H2,(H,24,27). The molecule has 0 aliphatic carbocycles. The van der Waals surface area contributed by atoms with Gasteiger partial charge in [0.25, 0.3) is 0 Å². The maximum atomic E-state index is 12.3. The number of pyridine rings is 1. The number of hydrogen-bond donors (Lipinski definition) is 1. The largest absolute Gasteiger partial charge is 0.339 e. The van der Waals surface area contributed by atoms with Gasteiger partial charge in [-0.25, -0.2) is 0 Å². The summed E-state index contributed by atoms with van der Waals surface area (Å²) in [5.74, 6) is 6.99. The number of rotatable bonds is 5. The fourth-order valence-electron chi connectivity index (χ4n) is 2.58. The van der Waals surface area contributed by atoms with Crippen molar-refractivity contribution in [3.05, 3.63) is 82.6 Å². The molecule has 0 saturated carbocycles. The molecule has 4 rings (SSSR count). The van der Waals surface area contributed by atoms with Crippen molar-refractivity contribution in [1.29, 1.82) is 0 Å². The molecule has 0 bridgehead atoms. The third-order valence-corrected chi connectivity index (χ3v) is 4.76. The summed E-state index contributed by atoms with van der Waals surface area (Å²) >= 11 is 1.60. The molecular weight excluding hydrogens is 384 g/mol. The topological polar surface area (TPSA) is 80.9 Å². The maximum Gasteiger partial charge on any atom is 0.227 e. The Balaban J connectivity index is 1.33. The highest BCUT2D eigenvalue weighted by Crippen LogP contribution is 2.15. The van der Waals surface area contributed by atoms with Crippen molar-refractivity contribution < 1.29 is 9.32 Å². The average Bonchev–Trinajstić information content (AvgIpc) is 3.44. The van der Waals surface area contributed by atoms with Crippen LogP contribution in [0.1, 0.15) is 22.8 Å². The summed E-state index contributed by atoms with van der Waals surface area (Å²) in [6.45, 7) is 0. The number of carbonyl (C=O) groups is 1. The van der Waals surface area contributed by atoms with Crippen LogP contribution in [0.15, 0.2) is 70.8 Å². The van der Waals surface area contributed by atoms with Gasteiger partial charge in [0.15, 0.2) is 0 Å². The van der Waals surface area contributed by atoms with Crippen LogP contribution in [0.4, 0.5) is 5.69 Å². The van der Waals surface area contributed by atoms with Gasteiger partial charge in [-0.3, -0.25) is 9.78 Å². The molecule has 0 atom stereocenters. The number of anilines is 1. The zero-order valence-corrected chi connectivity index (χ0v) is 16.1. The number of aromatic nitrogens is 3. The summed E-state index contributed by atoms with van der Waals surface area (Å²) in [5.41, 5.74) is 2.37. The first-order valence-electron chi connectivity index (χ1n) is 8.95. The van der Waals surface area contributed by atoms with Crippen LogP contribution in [0.5, 0.6) is 0 Å². The van der Waals surface area contributed by atoms with E-state index in [1.807, 2.05) is 41.8 Å². The number of aryl methyl sites for hydroxylation is 1. The van der Waals surface area contributed by atoms with E-state index in [0.717, 1.165) is 16.0 Å². The summed E-state index contributed by atoms with van der Waals surface area (Å²) < 4.78 is 5.23. The van der Waals surface area contributed by atoms with Gasteiger partial charge in [0, 0.05) is 42.0 Å². The van der Waals surface area contributed by atoms with Crippen molar-refractivity contribution in [3.63, 3.8) is 0 Å². The van der Waals surface area contributed by atoms with E-state index in [0.29, 0.717) is 23.8 Å². The fourth-order valence-corrected chi connectivity index (χ4v) is 3.15. The van der Waals surface area contributed by atoms with Crippen molar-refractivity contribution in [1.82, 2.24) is 15.1 Å². The second-order valence-corrected chi connectivity index (χ2v) is 7.05. The molecular formula is C22H16N4O2S. The quantitative estimate of drug-likeness (QED) is 0.509. The van der Waals surface area contributed by atoms with E-state index in [2.05, 4.69) is 32.3 Å².